The monoisotopic (exact) mass is 427 g/mol. The fourth-order valence-corrected chi connectivity index (χ4v) is 3.34. The minimum Gasteiger partial charge on any atom is -0.368 e. The SMILES string of the molecule is Brc1cnc(-c2ccc(N3CCNCC3)cn2)nc1-c1ccccc1.NN. The number of anilines is 1. The number of nitrogens with two attached hydrogens (primary N) is 2. The van der Waals surface area contributed by atoms with Crippen molar-refractivity contribution in [2.45, 2.75) is 0 Å². The van der Waals surface area contributed by atoms with Crippen LogP contribution in [0.15, 0.2) is 59.3 Å². The number of hydrogen-bond acceptors (Lipinski definition) is 7. The average molecular weight is 428 g/mol. The summed E-state index contributed by atoms with van der Waals surface area (Å²) in [5.41, 5.74) is 3.85. The minimum atomic E-state index is 0.633. The average Bonchev–Trinajstić information content (AvgIpc) is 2.77. The van der Waals surface area contributed by atoms with Gasteiger partial charge in [-0.05, 0) is 28.1 Å². The largest absolute Gasteiger partial charge is 0.368 e. The fraction of sp³-hybridized carbons (Fsp3) is 0.211. The molecule has 1 saturated heterocycles. The molecule has 1 aromatic carbocycles. The summed E-state index contributed by atoms with van der Waals surface area (Å²) in [4.78, 5) is 16.1. The van der Waals surface area contributed by atoms with E-state index < -0.39 is 0 Å². The van der Waals surface area contributed by atoms with Crippen LogP contribution in [0.25, 0.3) is 22.8 Å². The third kappa shape index (κ3) is 4.67. The lowest BCUT2D eigenvalue weighted by Crippen LogP contribution is -2.43. The molecular weight excluding hydrogens is 406 g/mol. The van der Waals surface area contributed by atoms with Crippen LogP contribution < -0.4 is 21.9 Å². The van der Waals surface area contributed by atoms with Crippen molar-refractivity contribution in [1.82, 2.24) is 20.3 Å². The van der Waals surface area contributed by atoms with Gasteiger partial charge in [0.2, 0.25) is 0 Å². The first-order valence-electron chi connectivity index (χ1n) is 8.65. The highest BCUT2D eigenvalue weighted by molar-refractivity contribution is 9.10. The van der Waals surface area contributed by atoms with E-state index in [2.05, 4.69) is 53.9 Å². The number of pyridine rings is 1. The number of halogens is 1. The molecule has 4 rings (SSSR count). The van der Waals surface area contributed by atoms with E-state index in [0.717, 1.165) is 53.3 Å². The molecular formula is C19H22BrN7. The van der Waals surface area contributed by atoms with E-state index in [0.29, 0.717) is 5.82 Å². The van der Waals surface area contributed by atoms with Gasteiger partial charge in [0.1, 0.15) is 5.69 Å². The lowest BCUT2D eigenvalue weighted by atomic mass is 10.1. The molecule has 7 nitrogen and oxygen atoms in total. The molecule has 3 heterocycles. The van der Waals surface area contributed by atoms with E-state index in [1.807, 2.05) is 42.6 Å². The molecule has 140 valence electrons. The second kappa shape index (κ2) is 9.52. The molecule has 2 aromatic heterocycles. The van der Waals surface area contributed by atoms with Crippen molar-refractivity contribution < 1.29 is 0 Å². The third-order valence-corrected chi connectivity index (χ3v) is 4.83. The lowest BCUT2D eigenvalue weighted by molar-refractivity contribution is 0.589. The van der Waals surface area contributed by atoms with Crippen LogP contribution in [0.3, 0.4) is 0 Å². The van der Waals surface area contributed by atoms with Crippen LogP contribution in [0.5, 0.6) is 0 Å². The van der Waals surface area contributed by atoms with Gasteiger partial charge in [-0.25, -0.2) is 9.97 Å². The molecule has 27 heavy (non-hydrogen) atoms. The standard InChI is InChI=1S/C19H18BrN5.H4N2/c20-16-13-23-19(24-18(16)14-4-2-1-3-5-14)17-7-6-15(12-22-17)25-10-8-21-9-11-25;1-2/h1-7,12-13,21H,8-11H2;1-2H2. The summed E-state index contributed by atoms with van der Waals surface area (Å²) in [5.74, 6) is 8.63. The van der Waals surface area contributed by atoms with Gasteiger partial charge in [-0.15, -0.1) is 0 Å². The molecule has 1 aliphatic heterocycles. The number of piperazine rings is 1. The van der Waals surface area contributed by atoms with E-state index in [1.165, 1.54) is 0 Å². The quantitative estimate of drug-likeness (QED) is 0.434. The maximum atomic E-state index is 4.71. The van der Waals surface area contributed by atoms with Gasteiger partial charge in [0.25, 0.3) is 0 Å². The van der Waals surface area contributed by atoms with Gasteiger partial charge in [-0.3, -0.25) is 16.7 Å². The van der Waals surface area contributed by atoms with Crippen LogP contribution in [0.1, 0.15) is 0 Å². The number of aromatic nitrogens is 3. The van der Waals surface area contributed by atoms with Crippen LogP contribution >= 0.6 is 15.9 Å². The van der Waals surface area contributed by atoms with Crippen LogP contribution in [-0.4, -0.2) is 41.1 Å². The zero-order chi connectivity index (χ0) is 19.1. The second-order valence-electron chi connectivity index (χ2n) is 5.89. The number of hydrazine groups is 1. The number of nitrogens with one attached hydrogen (secondary N) is 1. The minimum absolute atomic E-state index is 0.633. The van der Waals surface area contributed by atoms with Gasteiger partial charge in [0, 0.05) is 37.9 Å². The molecule has 1 aliphatic rings. The lowest BCUT2D eigenvalue weighted by Gasteiger charge is -2.29. The topological polar surface area (TPSA) is 106 Å². The summed E-state index contributed by atoms with van der Waals surface area (Å²) in [7, 11) is 0. The maximum absolute atomic E-state index is 4.71. The normalized spacial score (nSPS) is 13.7. The predicted octanol–water partition coefficient (Wildman–Crippen LogP) is 2.20. The molecule has 0 aliphatic carbocycles. The summed E-state index contributed by atoms with van der Waals surface area (Å²) in [6.45, 7) is 4.04. The van der Waals surface area contributed by atoms with Crippen LogP contribution in [-0.2, 0) is 0 Å². The Hall–Kier alpha value is -2.39. The second-order valence-corrected chi connectivity index (χ2v) is 6.75. The van der Waals surface area contributed by atoms with E-state index >= 15 is 0 Å². The van der Waals surface area contributed by atoms with E-state index in [4.69, 9.17) is 4.98 Å². The first-order chi connectivity index (χ1) is 13.3. The van der Waals surface area contributed by atoms with Crippen LogP contribution in [0.2, 0.25) is 0 Å². The first-order valence-corrected chi connectivity index (χ1v) is 9.44. The zero-order valence-electron chi connectivity index (χ0n) is 14.8. The van der Waals surface area contributed by atoms with E-state index in [-0.39, 0.29) is 0 Å². The van der Waals surface area contributed by atoms with Crippen molar-refractivity contribution in [3.05, 3.63) is 59.3 Å². The Labute approximate surface area is 166 Å². The van der Waals surface area contributed by atoms with Crippen molar-refractivity contribution in [2.24, 2.45) is 11.7 Å². The van der Waals surface area contributed by atoms with Crippen LogP contribution in [0, 0.1) is 0 Å². The van der Waals surface area contributed by atoms with Gasteiger partial charge < -0.3 is 10.2 Å². The summed E-state index contributed by atoms with van der Waals surface area (Å²) in [5, 5.41) is 3.36. The molecule has 0 radical (unpaired) electrons. The third-order valence-electron chi connectivity index (χ3n) is 4.25. The van der Waals surface area contributed by atoms with Gasteiger partial charge in [0.15, 0.2) is 5.82 Å². The Bertz CT molecular complexity index is 850. The van der Waals surface area contributed by atoms with E-state index in [1.54, 1.807) is 6.20 Å². The molecule has 0 saturated carbocycles. The van der Waals surface area contributed by atoms with Crippen molar-refractivity contribution in [1.29, 1.82) is 0 Å². The molecule has 0 bridgehead atoms. The molecule has 0 atom stereocenters. The smallest absolute Gasteiger partial charge is 0.178 e. The van der Waals surface area contributed by atoms with Gasteiger partial charge in [0.05, 0.1) is 22.1 Å². The summed E-state index contributed by atoms with van der Waals surface area (Å²) < 4.78 is 0.875. The Kier molecular flexibility index (Phi) is 6.83. The molecule has 3 aromatic rings. The maximum Gasteiger partial charge on any atom is 0.178 e. The molecule has 0 amide bonds. The summed E-state index contributed by atoms with van der Waals surface area (Å²) in [6.07, 6.45) is 3.70. The Morgan fingerprint density at radius 1 is 0.926 bits per heavy atom. The Morgan fingerprint density at radius 2 is 1.67 bits per heavy atom. The molecule has 8 heteroatoms. The van der Waals surface area contributed by atoms with Crippen molar-refractivity contribution in [3.8, 4) is 22.8 Å². The van der Waals surface area contributed by atoms with Crippen molar-refractivity contribution >= 4 is 21.6 Å². The highest BCUT2D eigenvalue weighted by Gasteiger charge is 2.13. The number of benzene rings is 1. The number of nitrogens with zero attached hydrogens (tertiary/aromatic N) is 4. The van der Waals surface area contributed by atoms with Gasteiger partial charge >= 0.3 is 0 Å². The highest BCUT2D eigenvalue weighted by atomic mass is 79.9. The number of rotatable bonds is 3. The first kappa shape index (κ1) is 19.4. The fourth-order valence-electron chi connectivity index (χ4n) is 2.92. The van der Waals surface area contributed by atoms with Gasteiger partial charge in [-0.2, -0.15) is 0 Å². The predicted molar refractivity (Wildman–Crippen MR) is 112 cm³/mol. The summed E-state index contributed by atoms with van der Waals surface area (Å²) in [6, 6.07) is 14.2. The Balaban J connectivity index is 0.00000102. The molecule has 0 unspecified atom stereocenters. The molecule has 0 spiro atoms. The van der Waals surface area contributed by atoms with Crippen LogP contribution in [0.4, 0.5) is 5.69 Å². The van der Waals surface area contributed by atoms with Crippen molar-refractivity contribution in [3.63, 3.8) is 0 Å². The highest BCUT2D eigenvalue weighted by Crippen LogP contribution is 2.27. The summed E-state index contributed by atoms with van der Waals surface area (Å²) >= 11 is 3.55. The van der Waals surface area contributed by atoms with Crippen molar-refractivity contribution in [2.75, 3.05) is 31.1 Å². The number of hydrogen-bond donors (Lipinski definition) is 3. The zero-order valence-corrected chi connectivity index (χ0v) is 16.4. The Morgan fingerprint density at radius 3 is 2.33 bits per heavy atom. The molecule has 5 N–H and O–H groups in total. The van der Waals surface area contributed by atoms with Gasteiger partial charge in [-0.1, -0.05) is 30.3 Å². The molecule has 1 fully saturated rings. The van der Waals surface area contributed by atoms with E-state index in [9.17, 15) is 0 Å².